The van der Waals surface area contributed by atoms with Gasteiger partial charge in [-0.1, -0.05) is 24.3 Å². The molecule has 1 unspecified atom stereocenters. The Morgan fingerprint density at radius 1 is 1.05 bits per heavy atom. The fraction of sp³-hybridized carbons (Fsp3) is 0.167. The zero-order valence-corrected chi connectivity index (χ0v) is 9.65. The number of aliphatic hydroxyl groups is 1. The summed E-state index contributed by atoms with van der Waals surface area (Å²) in [5.74, 6) is -5.59. The number of halogens is 3. The molecule has 0 aliphatic rings. The minimum Gasteiger partial charge on any atom is -0.380 e. The lowest BCUT2D eigenvalue weighted by Gasteiger charge is -2.10. The summed E-state index contributed by atoms with van der Waals surface area (Å²) in [7, 11) is 0. The van der Waals surface area contributed by atoms with Gasteiger partial charge in [0.15, 0.2) is 5.82 Å². The molecule has 1 aromatic heterocycles. The molecule has 1 aromatic carbocycles. The molecule has 0 fully saturated rings. The maximum absolute atomic E-state index is 12.9. The molecular formula is C12H10F3N3O. The van der Waals surface area contributed by atoms with E-state index >= 15 is 0 Å². The second-order valence-electron chi connectivity index (χ2n) is 3.83. The highest BCUT2D eigenvalue weighted by atomic mass is 19.2. The van der Waals surface area contributed by atoms with Crippen LogP contribution in [0.4, 0.5) is 13.2 Å². The van der Waals surface area contributed by atoms with Gasteiger partial charge in [0, 0.05) is 6.54 Å². The summed E-state index contributed by atoms with van der Waals surface area (Å²) in [4.78, 5) is 6.17. The number of nitrogens with two attached hydrogens (primary N) is 1. The van der Waals surface area contributed by atoms with E-state index in [9.17, 15) is 18.3 Å². The van der Waals surface area contributed by atoms with Crippen molar-refractivity contribution >= 4 is 0 Å². The number of nitrogens with zero attached hydrogens (tertiary/aromatic N) is 2. The van der Waals surface area contributed by atoms with Gasteiger partial charge in [-0.05, 0) is 11.1 Å². The van der Waals surface area contributed by atoms with E-state index in [1.807, 2.05) is 0 Å². The summed E-state index contributed by atoms with van der Waals surface area (Å²) in [6.07, 6.45) is -1.45. The fourth-order valence-electron chi connectivity index (χ4n) is 1.52. The van der Waals surface area contributed by atoms with Crippen LogP contribution in [0.2, 0.25) is 0 Å². The van der Waals surface area contributed by atoms with Crippen molar-refractivity contribution in [2.24, 2.45) is 5.73 Å². The number of benzene rings is 1. The molecule has 100 valence electrons. The molecule has 1 atom stereocenters. The van der Waals surface area contributed by atoms with Crippen molar-refractivity contribution in [3.63, 3.8) is 0 Å². The van der Waals surface area contributed by atoms with Gasteiger partial charge in [0.05, 0.1) is 0 Å². The minimum absolute atomic E-state index is 0.322. The van der Waals surface area contributed by atoms with E-state index < -0.39 is 29.6 Å². The molecule has 2 aromatic rings. The van der Waals surface area contributed by atoms with Gasteiger partial charge in [-0.15, -0.1) is 0 Å². The zero-order chi connectivity index (χ0) is 14.0. The van der Waals surface area contributed by atoms with Crippen LogP contribution < -0.4 is 5.73 Å². The van der Waals surface area contributed by atoms with Crippen molar-refractivity contribution in [2.75, 3.05) is 0 Å². The molecule has 4 nitrogen and oxygen atoms in total. The fourth-order valence-corrected chi connectivity index (χ4v) is 1.52. The Kier molecular flexibility index (Phi) is 3.77. The molecule has 0 saturated carbocycles. The second-order valence-corrected chi connectivity index (χ2v) is 3.83. The zero-order valence-electron chi connectivity index (χ0n) is 9.65. The van der Waals surface area contributed by atoms with Crippen LogP contribution in [0.5, 0.6) is 0 Å². The second kappa shape index (κ2) is 5.33. The molecule has 3 N–H and O–H groups in total. The minimum atomic E-state index is -1.77. The van der Waals surface area contributed by atoms with Gasteiger partial charge < -0.3 is 10.8 Å². The Morgan fingerprint density at radius 3 is 2.05 bits per heavy atom. The van der Waals surface area contributed by atoms with Crippen molar-refractivity contribution < 1.29 is 18.3 Å². The summed E-state index contributed by atoms with van der Waals surface area (Å²) >= 11 is 0. The molecule has 0 amide bonds. The Hall–Kier alpha value is -1.99. The summed E-state index contributed by atoms with van der Waals surface area (Å²) in [5.41, 5.74) is 6.56. The van der Waals surface area contributed by atoms with Gasteiger partial charge in [-0.3, -0.25) is 0 Å². The first kappa shape index (κ1) is 13.4. The van der Waals surface area contributed by atoms with Crippen LogP contribution in [0.3, 0.4) is 0 Å². The van der Waals surface area contributed by atoms with E-state index in [1.54, 1.807) is 12.1 Å². The smallest absolute Gasteiger partial charge is 0.255 e. The van der Waals surface area contributed by atoms with Crippen LogP contribution in [0, 0.1) is 17.7 Å². The summed E-state index contributed by atoms with van der Waals surface area (Å²) < 4.78 is 38.6. The lowest BCUT2D eigenvalue weighted by molar-refractivity contribution is 0.204. The van der Waals surface area contributed by atoms with Crippen molar-refractivity contribution in [2.45, 2.75) is 12.6 Å². The Labute approximate surface area is 106 Å². The maximum atomic E-state index is 12.9. The van der Waals surface area contributed by atoms with Gasteiger partial charge in [-0.25, -0.2) is 0 Å². The molecule has 0 aliphatic carbocycles. The lowest BCUT2D eigenvalue weighted by Crippen LogP contribution is -2.11. The standard InChI is InChI=1S/C12H10F3N3O/c13-8-10(14)17-12(18-11(8)15)9(19)7-3-1-6(5-16)2-4-7/h1-4,9,19H,5,16H2. The van der Waals surface area contributed by atoms with Crippen molar-refractivity contribution in [1.29, 1.82) is 0 Å². The molecule has 0 aliphatic heterocycles. The van der Waals surface area contributed by atoms with Crippen LogP contribution in [-0.4, -0.2) is 15.1 Å². The molecule has 7 heteroatoms. The first-order valence-electron chi connectivity index (χ1n) is 5.38. The number of aromatic nitrogens is 2. The first-order valence-corrected chi connectivity index (χ1v) is 5.38. The largest absolute Gasteiger partial charge is 0.380 e. The van der Waals surface area contributed by atoms with Crippen LogP contribution in [0.1, 0.15) is 23.1 Å². The van der Waals surface area contributed by atoms with Gasteiger partial charge in [-0.2, -0.15) is 23.1 Å². The van der Waals surface area contributed by atoms with Crippen LogP contribution in [0.15, 0.2) is 24.3 Å². The third kappa shape index (κ3) is 2.72. The molecule has 19 heavy (non-hydrogen) atoms. The molecule has 2 rings (SSSR count). The Morgan fingerprint density at radius 2 is 1.58 bits per heavy atom. The SMILES string of the molecule is NCc1ccc(C(O)c2nc(F)c(F)c(F)n2)cc1. The van der Waals surface area contributed by atoms with E-state index in [0.29, 0.717) is 12.1 Å². The Bertz CT molecular complexity index is 566. The Balaban J connectivity index is 2.35. The van der Waals surface area contributed by atoms with Gasteiger partial charge in [0.1, 0.15) is 6.10 Å². The van der Waals surface area contributed by atoms with Crippen molar-refractivity contribution in [3.05, 3.63) is 58.9 Å². The van der Waals surface area contributed by atoms with E-state index in [0.717, 1.165) is 5.56 Å². The molecule has 1 heterocycles. The molecular weight excluding hydrogens is 259 g/mol. The van der Waals surface area contributed by atoms with Crippen LogP contribution in [-0.2, 0) is 6.54 Å². The number of hydrogen-bond donors (Lipinski definition) is 2. The predicted molar refractivity (Wildman–Crippen MR) is 60.3 cm³/mol. The molecule has 0 saturated heterocycles. The highest BCUT2D eigenvalue weighted by molar-refractivity contribution is 5.27. The van der Waals surface area contributed by atoms with Gasteiger partial charge in [0.25, 0.3) is 11.9 Å². The highest BCUT2D eigenvalue weighted by Crippen LogP contribution is 2.20. The number of aliphatic hydroxyl groups excluding tert-OH is 1. The summed E-state index contributed by atoms with van der Waals surface area (Å²) in [5, 5.41) is 9.88. The third-order valence-corrected chi connectivity index (χ3v) is 2.56. The summed E-state index contributed by atoms with van der Waals surface area (Å²) in [6.45, 7) is 0.326. The first-order chi connectivity index (χ1) is 9.02. The van der Waals surface area contributed by atoms with E-state index in [2.05, 4.69) is 9.97 Å². The maximum Gasteiger partial charge on any atom is 0.255 e. The van der Waals surface area contributed by atoms with Gasteiger partial charge >= 0.3 is 0 Å². The predicted octanol–water partition coefficient (Wildman–Crippen LogP) is 1.43. The molecule has 0 radical (unpaired) electrons. The normalized spacial score (nSPS) is 12.5. The average molecular weight is 269 g/mol. The highest BCUT2D eigenvalue weighted by Gasteiger charge is 2.20. The summed E-state index contributed by atoms with van der Waals surface area (Å²) in [6, 6.07) is 6.34. The van der Waals surface area contributed by atoms with Crippen molar-refractivity contribution in [1.82, 2.24) is 9.97 Å². The topological polar surface area (TPSA) is 72.0 Å². The number of hydrogen-bond acceptors (Lipinski definition) is 4. The average Bonchev–Trinajstić information content (AvgIpc) is 2.43. The van der Waals surface area contributed by atoms with Gasteiger partial charge in [0.2, 0.25) is 5.82 Å². The van der Waals surface area contributed by atoms with E-state index in [4.69, 9.17) is 5.73 Å². The van der Waals surface area contributed by atoms with Crippen molar-refractivity contribution in [3.8, 4) is 0 Å². The third-order valence-electron chi connectivity index (χ3n) is 2.56. The van der Waals surface area contributed by atoms with Crippen LogP contribution >= 0.6 is 0 Å². The van der Waals surface area contributed by atoms with Crippen LogP contribution in [0.25, 0.3) is 0 Å². The molecule has 0 spiro atoms. The quantitative estimate of drug-likeness (QED) is 0.827. The number of rotatable bonds is 3. The van der Waals surface area contributed by atoms with E-state index in [1.165, 1.54) is 12.1 Å². The lowest BCUT2D eigenvalue weighted by atomic mass is 10.1. The monoisotopic (exact) mass is 269 g/mol. The van der Waals surface area contributed by atoms with E-state index in [-0.39, 0.29) is 0 Å². The molecule has 0 bridgehead atoms.